The van der Waals surface area contributed by atoms with Crippen molar-refractivity contribution in [1.82, 2.24) is 4.90 Å². The number of halogens is 2. The van der Waals surface area contributed by atoms with Gasteiger partial charge in [-0.3, -0.25) is 14.5 Å². The number of hydrogen-bond donors (Lipinski definition) is 2. The predicted molar refractivity (Wildman–Crippen MR) is 136 cm³/mol. The molecule has 0 saturated carbocycles. The van der Waals surface area contributed by atoms with E-state index in [0.717, 1.165) is 5.56 Å². The first-order valence-electron chi connectivity index (χ1n) is 11.1. The Morgan fingerprint density at radius 1 is 0.886 bits per heavy atom. The molecule has 0 bridgehead atoms. The Kier molecular flexibility index (Phi) is 7.90. The molecule has 2 N–H and O–H groups in total. The third-order valence-electron chi connectivity index (χ3n) is 5.61. The molecule has 35 heavy (non-hydrogen) atoms. The number of amides is 3. The van der Waals surface area contributed by atoms with Crippen molar-refractivity contribution in [3.8, 4) is 0 Å². The van der Waals surface area contributed by atoms with E-state index in [1.54, 1.807) is 42.5 Å². The second kappa shape index (κ2) is 11.3. The van der Waals surface area contributed by atoms with E-state index in [0.29, 0.717) is 46.4 Å². The number of nitrogens with zero attached hydrogens (tertiary/aromatic N) is 1. The van der Waals surface area contributed by atoms with Gasteiger partial charge in [-0.05, 0) is 54.8 Å². The van der Waals surface area contributed by atoms with E-state index in [2.05, 4.69) is 10.6 Å². The number of para-hydroxylation sites is 1. The molecule has 1 aliphatic rings. The molecule has 7 nitrogen and oxygen atoms in total. The first-order valence-corrected chi connectivity index (χ1v) is 11.8. The average Bonchev–Trinajstić information content (AvgIpc) is 3.36. The summed E-state index contributed by atoms with van der Waals surface area (Å²) in [4.78, 5) is 39.5. The van der Waals surface area contributed by atoms with Gasteiger partial charge in [0, 0.05) is 17.8 Å². The van der Waals surface area contributed by atoms with E-state index < -0.39 is 12.1 Å². The number of likely N-dealkylation sites (tertiary alicyclic amines) is 1. The molecule has 3 amide bonds. The zero-order chi connectivity index (χ0) is 24.8. The summed E-state index contributed by atoms with van der Waals surface area (Å²) in [5.41, 5.74) is 2.08. The highest BCUT2D eigenvalue weighted by Crippen LogP contribution is 2.30. The monoisotopic (exact) mass is 511 g/mol. The van der Waals surface area contributed by atoms with Crippen molar-refractivity contribution >= 4 is 52.5 Å². The van der Waals surface area contributed by atoms with Crippen molar-refractivity contribution in [2.24, 2.45) is 0 Å². The largest absolute Gasteiger partial charge is 0.445 e. The number of hydrogen-bond acceptors (Lipinski definition) is 4. The number of benzene rings is 3. The molecule has 1 atom stereocenters. The summed E-state index contributed by atoms with van der Waals surface area (Å²) < 4.78 is 5.39. The normalized spacial score (nSPS) is 14.9. The number of ether oxygens (including phenoxy) is 1. The van der Waals surface area contributed by atoms with E-state index in [1.807, 2.05) is 30.3 Å². The molecule has 4 rings (SSSR count). The van der Waals surface area contributed by atoms with Crippen LogP contribution in [0.25, 0.3) is 0 Å². The molecular weight excluding hydrogens is 489 g/mol. The Labute approximate surface area is 213 Å². The van der Waals surface area contributed by atoms with Crippen LogP contribution in [0.3, 0.4) is 0 Å². The lowest BCUT2D eigenvalue weighted by atomic mass is 10.1. The third kappa shape index (κ3) is 6.12. The Morgan fingerprint density at radius 2 is 1.57 bits per heavy atom. The first-order chi connectivity index (χ1) is 16.9. The van der Waals surface area contributed by atoms with Crippen LogP contribution in [0.4, 0.5) is 16.2 Å². The Balaban J connectivity index is 1.34. The van der Waals surface area contributed by atoms with Gasteiger partial charge in [0.2, 0.25) is 5.91 Å². The maximum Gasteiger partial charge on any atom is 0.410 e. The second-order valence-corrected chi connectivity index (χ2v) is 8.82. The molecule has 9 heteroatoms. The summed E-state index contributed by atoms with van der Waals surface area (Å²) >= 11 is 12.2. The molecule has 1 aliphatic heterocycles. The lowest BCUT2D eigenvalue weighted by Crippen LogP contribution is -2.43. The molecule has 0 spiro atoms. The molecule has 180 valence electrons. The van der Waals surface area contributed by atoms with Gasteiger partial charge in [-0.25, -0.2) is 4.79 Å². The highest BCUT2D eigenvalue weighted by molar-refractivity contribution is 6.40. The van der Waals surface area contributed by atoms with E-state index in [4.69, 9.17) is 27.9 Å². The van der Waals surface area contributed by atoms with Crippen molar-refractivity contribution in [3.05, 3.63) is 94.0 Å². The van der Waals surface area contributed by atoms with Gasteiger partial charge < -0.3 is 15.4 Å². The minimum absolute atomic E-state index is 0.146. The molecule has 0 aromatic heterocycles. The maximum atomic E-state index is 12.9. The van der Waals surface area contributed by atoms with Crippen LogP contribution in [-0.4, -0.2) is 35.4 Å². The lowest BCUT2D eigenvalue weighted by Gasteiger charge is -2.23. The smallest absolute Gasteiger partial charge is 0.410 e. The van der Waals surface area contributed by atoms with Gasteiger partial charge in [0.05, 0.1) is 15.7 Å². The highest BCUT2D eigenvalue weighted by Gasteiger charge is 2.35. The molecule has 1 saturated heterocycles. The Morgan fingerprint density at radius 3 is 2.26 bits per heavy atom. The fourth-order valence-electron chi connectivity index (χ4n) is 3.79. The van der Waals surface area contributed by atoms with E-state index >= 15 is 0 Å². The minimum Gasteiger partial charge on any atom is -0.445 e. The molecule has 3 aromatic rings. The Hall–Kier alpha value is -3.55. The maximum absolute atomic E-state index is 12.9. The van der Waals surface area contributed by atoms with Crippen LogP contribution in [0.15, 0.2) is 72.8 Å². The molecular formula is C26H23Cl2N3O4. The number of rotatable bonds is 6. The van der Waals surface area contributed by atoms with Crippen LogP contribution in [0.5, 0.6) is 0 Å². The second-order valence-electron chi connectivity index (χ2n) is 8.01. The number of anilines is 2. The topological polar surface area (TPSA) is 87.7 Å². The van der Waals surface area contributed by atoms with Crippen LogP contribution in [-0.2, 0) is 16.1 Å². The number of nitrogens with one attached hydrogen (secondary N) is 2. The van der Waals surface area contributed by atoms with Gasteiger partial charge in [-0.2, -0.15) is 0 Å². The van der Waals surface area contributed by atoms with Crippen LogP contribution >= 0.6 is 23.2 Å². The summed E-state index contributed by atoms with van der Waals surface area (Å²) in [7, 11) is 0. The van der Waals surface area contributed by atoms with Crippen LogP contribution < -0.4 is 10.6 Å². The molecule has 3 aromatic carbocycles. The van der Waals surface area contributed by atoms with Crippen molar-refractivity contribution in [1.29, 1.82) is 0 Å². The standard InChI is InChI=1S/C26H23Cl2N3O4/c27-20-8-4-9-21(28)23(20)30-24(32)18-11-13-19(14-12-18)29-25(33)22-10-5-15-31(22)26(34)35-16-17-6-2-1-3-7-17/h1-4,6-9,11-14,22H,5,10,15-16H2,(H,29,33)(H,30,32)/t22-/m0/s1. The zero-order valence-corrected chi connectivity index (χ0v) is 20.2. The summed E-state index contributed by atoms with van der Waals surface area (Å²) in [5.74, 6) is -0.694. The van der Waals surface area contributed by atoms with Gasteiger partial charge >= 0.3 is 6.09 Å². The van der Waals surface area contributed by atoms with Crippen molar-refractivity contribution in [2.45, 2.75) is 25.5 Å². The van der Waals surface area contributed by atoms with E-state index in [9.17, 15) is 14.4 Å². The molecule has 0 unspecified atom stereocenters. The zero-order valence-electron chi connectivity index (χ0n) is 18.7. The van der Waals surface area contributed by atoms with E-state index in [-0.39, 0.29) is 18.4 Å². The van der Waals surface area contributed by atoms with Crippen LogP contribution in [0, 0.1) is 0 Å². The third-order valence-corrected chi connectivity index (χ3v) is 6.24. The molecule has 0 radical (unpaired) electrons. The molecule has 0 aliphatic carbocycles. The minimum atomic E-state index is -0.622. The first kappa shape index (κ1) is 24.6. The van der Waals surface area contributed by atoms with Crippen molar-refractivity contribution in [2.75, 3.05) is 17.2 Å². The fourth-order valence-corrected chi connectivity index (χ4v) is 4.29. The van der Waals surface area contributed by atoms with Crippen LogP contribution in [0.1, 0.15) is 28.8 Å². The lowest BCUT2D eigenvalue weighted by molar-refractivity contribution is -0.120. The summed E-state index contributed by atoms with van der Waals surface area (Å²) in [6.45, 7) is 0.600. The summed E-state index contributed by atoms with van der Waals surface area (Å²) in [6, 6.07) is 20.1. The summed E-state index contributed by atoms with van der Waals surface area (Å²) in [5, 5.41) is 6.17. The van der Waals surface area contributed by atoms with E-state index in [1.165, 1.54) is 4.90 Å². The van der Waals surface area contributed by atoms with Gasteiger partial charge in [0.15, 0.2) is 0 Å². The van der Waals surface area contributed by atoms with Crippen molar-refractivity contribution in [3.63, 3.8) is 0 Å². The number of carbonyl (C=O) groups is 3. The molecule has 1 fully saturated rings. The average molecular weight is 512 g/mol. The van der Waals surface area contributed by atoms with Gasteiger partial charge in [0.25, 0.3) is 5.91 Å². The van der Waals surface area contributed by atoms with Crippen LogP contribution in [0.2, 0.25) is 10.0 Å². The quantitative estimate of drug-likeness (QED) is 0.425. The van der Waals surface area contributed by atoms with Gasteiger partial charge in [-0.1, -0.05) is 59.6 Å². The van der Waals surface area contributed by atoms with Crippen molar-refractivity contribution < 1.29 is 19.1 Å². The molecule has 1 heterocycles. The summed E-state index contributed by atoms with van der Waals surface area (Å²) in [6.07, 6.45) is 0.741. The predicted octanol–water partition coefficient (Wildman–Crippen LogP) is 5.99. The van der Waals surface area contributed by atoms with Gasteiger partial charge in [-0.15, -0.1) is 0 Å². The SMILES string of the molecule is O=C(Nc1c(Cl)cccc1Cl)c1ccc(NC(=O)[C@@H]2CCCN2C(=O)OCc2ccccc2)cc1. The number of carbonyl (C=O) groups excluding carboxylic acids is 3. The van der Waals surface area contributed by atoms with Gasteiger partial charge in [0.1, 0.15) is 12.6 Å². The fraction of sp³-hybridized carbons (Fsp3) is 0.192. The Bertz CT molecular complexity index is 1200. The highest BCUT2D eigenvalue weighted by atomic mass is 35.5.